The molecule has 90 valence electrons. The van der Waals surface area contributed by atoms with Crippen molar-refractivity contribution in [2.45, 2.75) is 6.92 Å². The predicted molar refractivity (Wildman–Crippen MR) is 60.8 cm³/mol. The third-order valence-electron chi connectivity index (χ3n) is 1.74. The SMILES string of the molecule is CCOC=CC(=O)NOC(=O)c1ccccc1. The first-order valence-electron chi connectivity index (χ1n) is 5.08. The molecule has 0 fully saturated rings. The van der Waals surface area contributed by atoms with Crippen LogP contribution < -0.4 is 5.48 Å². The van der Waals surface area contributed by atoms with Crippen molar-refractivity contribution in [2.75, 3.05) is 6.61 Å². The number of hydrogen-bond acceptors (Lipinski definition) is 4. The molecule has 0 unspecified atom stereocenters. The summed E-state index contributed by atoms with van der Waals surface area (Å²) in [6.45, 7) is 2.26. The maximum Gasteiger partial charge on any atom is 0.362 e. The largest absolute Gasteiger partial charge is 0.501 e. The smallest absolute Gasteiger partial charge is 0.362 e. The van der Waals surface area contributed by atoms with Gasteiger partial charge in [0.25, 0.3) is 5.91 Å². The molecule has 1 amide bonds. The fourth-order valence-corrected chi connectivity index (χ4v) is 0.970. The van der Waals surface area contributed by atoms with Crippen molar-refractivity contribution in [2.24, 2.45) is 0 Å². The minimum Gasteiger partial charge on any atom is -0.501 e. The maximum absolute atomic E-state index is 11.4. The summed E-state index contributed by atoms with van der Waals surface area (Å²) in [5, 5.41) is 0. The summed E-state index contributed by atoms with van der Waals surface area (Å²) in [4.78, 5) is 27.1. The van der Waals surface area contributed by atoms with E-state index in [0.29, 0.717) is 12.2 Å². The highest BCUT2D eigenvalue weighted by Gasteiger charge is 2.07. The van der Waals surface area contributed by atoms with Crippen LogP contribution in [-0.2, 0) is 14.4 Å². The summed E-state index contributed by atoms with van der Waals surface area (Å²) in [7, 11) is 0. The molecule has 0 bridgehead atoms. The van der Waals surface area contributed by atoms with Gasteiger partial charge in [-0.2, -0.15) is 5.48 Å². The molecule has 1 rings (SSSR count). The van der Waals surface area contributed by atoms with Crippen LogP contribution in [0.25, 0.3) is 0 Å². The Hall–Kier alpha value is -2.30. The van der Waals surface area contributed by atoms with E-state index in [0.717, 1.165) is 6.08 Å². The molecule has 0 aromatic heterocycles. The molecule has 0 aliphatic heterocycles. The highest BCUT2D eigenvalue weighted by Crippen LogP contribution is 1.99. The van der Waals surface area contributed by atoms with E-state index in [2.05, 4.69) is 4.84 Å². The molecule has 0 aliphatic carbocycles. The van der Waals surface area contributed by atoms with Crippen LogP contribution in [0.3, 0.4) is 0 Å². The Morgan fingerprint density at radius 1 is 1.29 bits per heavy atom. The molecular formula is C12H13NO4. The lowest BCUT2D eigenvalue weighted by atomic mass is 10.2. The average Bonchev–Trinajstić information content (AvgIpc) is 2.37. The first kappa shape index (κ1) is 12.8. The Balaban J connectivity index is 2.36. The van der Waals surface area contributed by atoms with E-state index in [1.807, 2.05) is 5.48 Å². The van der Waals surface area contributed by atoms with Gasteiger partial charge in [-0.15, -0.1) is 0 Å². The number of carbonyl (C=O) groups is 2. The van der Waals surface area contributed by atoms with Crippen molar-refractivity contribution >= 4 is 11.9 Å². The van der Waals surface area contributed by atoms with E-state index in [9.17, 15) is 9.59 Å². The summed E-state index contributed by atoms with van der Waals surface area (Å²) in [6, 6.07) is 8.36. The maximum atomic E-state index is 11.4. The fourth-order valence-electron chi connectivity index (χ4n) is 0.970. The number of nitrogens with one attached hydrogen (secondary N) is 1. The second-order valence-corrected chi connectivity index (χ2v) is 2.98. The van der Waals surface area contributed by atoms with Crippen LogP contribution in [-0.4, -0.2) is 18.5 Å². The van der Waals surface area contributed by atoms with Crippen molar-refractivity contribution in [1.82, 2.24) is 5.48 Å². The van der Waals surface area contributed by atoms with Crippen molar-refractivity contribution in [1.29, 1.82) is 0 Å². The third kappa shape index (κ3) is 4.83. The average molecular weight is 235 g/mol. The number of hydrogen-bond donors (Lipinski definition) is 1. The molecule has 0 saturated heterocycles. The first-order valence-corrected chi connectivity index (χ1v) is 5.08. The fraction of sp³-hybridized carbons (Fsp3) is 0.167. The van der Waals surface area contributed by atoms with Crippen LogP contribution in [0.4, 0.5) is 0 Å². The lowest BCUT2D eigenvalue weighted by Crippen LogP contribution is -2.25. The molecular weight excluding hydrogens is 222 g/mol. The van der Waals surface area contributed by atoms with Crippen molar-refractivity contribution < 1.29 is 19.2 Å². The zero-order valence-corrected chi connectivity index (χ0v) is 9.38. The Morgan fingerprint density at radius 2 is 2.00 bits per heavy atom. The van der Waals surface area contributed by atoms with Crippen LogP contribution in [0.2, 0.25) is 0 Å². The first-order chi connectivity index (χ1) is 8.24. The minimum atomic E-state index is -0.622. The van der Waals surface area contributed by atoms with Gasteiger partial charge in [0.05, 0.1) is 18.4 Å². The van der Waals surface area contributed by atoms with Gasteiger partial charge < -0.3 is 9.57 Å². The van der Waals surface area contributed by atoms with Crippen LogP contribution in [0, 0.1) is 0 Å². The molecule has 5 heteroatoms. The van der Waals surface area contributed by atoms with Crippen molar-refractivity contribution in [3.63, 3.8) is 0 Å². The van der Waals surface area contributed by atoms with Crippen LogP contribution in [0.5, 0.6) is 0 Å². The molecule has 1 N–H and O–H groups in total. The zero-order chi connectivity index (χ0) is 12.5. The normalized spacial score (nSPS) is 9.94. The Kier molecular flexibility index (Phi) is 5.30. The van der Waals surface area contributed by atoms with Crippen molar-refractivity contribution in [3.8, 4) is 0 Å². The molecule has 1 aromatic carbocycles. The van der Waals surface area contributed by atoms with Gasteiger partial charge in [0.2, 0.25) is 0 Å². The van der Waals surface area contributed by atoms with Crippen LogP contribution in [0.1, 0.15) is 17.3 Å². The van der Waals surface area contributed by atoms with Gasteiger partial charge in [-0.25, -0.2) is 4.79 Å². The van der Waals surface area contributed by atoms with Gasteiger partial charge in [0.15, 0.2) is 0 Å². The molecule has 0 aliphatic rings. The summed E-state index contributed by atoms with van der Waals surface area (Å²) in [5.74, 6) is -1.19. The van der Waals surface area contributed by atoms with Crippen molar-refractivity contribution in [3.05, 3.63) is 48.2 Å². The third-order valence-corrected chi connectivity index (χ3v) is 1.74. The molecule has 0 radical (unpaired) electrons. The van der Waals surface area contributed by atoms with E-state index in [-0.39, 0.29) is 0 Å². The topological polar surface area (TPSA) is 64.6 Å². The number of rotatable bonds is 4. The van der Waals surface area contributed by atoms with Gasteiger partial charge in [-0.3, -0.25) is 4.79 Å². The second kappa shape index (κ2) is 7.05. The Labute approximate surface area is 99.0 Å². The van der Waals surface area contributed by atoms with E-state index >= 15 is 0 Å². The lowest BCUT2D eigenvalue weighted by molar-refractivity contribution is -0.125. The monoisotopic (exact) mass is 235 g/mol. The van der Waals surface area contributed by atoms with E-state index < -0.39 is 11.9 Å². The summed E-state index contributed by atoms with van der Waals surface area (Å²) < 4.78 is 4.81. The molecule has 0 atom stereocenters. The highest BCUT2D eigenvalue weighted by atomic mass is 16.7. The van der Waals surface area contributed by atoms with E-state index in [1.54, 1.807) is 37.3 Å². The van der Waals surface area contributed by atoms with E-state index in [1.165, 1.54) is 6.26 Å². The summed E-state index contributed by atoms with van der Waals surface area (Å²) in [6.07, 6.45) is 2.35. The molecule has 1 aromatic rings. The van der Waals surface area contributed by atoms with Gasteiger partial charge in [0.1, 0.15) is 0 Å². The lowest BCUT2D eigenvalue weighted by Gasteiger charge is -2.02. The number of amides is 1. The van der Waals surface area contributed by atoms with E-state index in [4.69, 9.17) is 4.74 Å². The van der Waals surface area contributed by atoms with Crippen LogP contribution in [0.15, 0.2) is 42.7 Å². The Morgan fingerprint density at radius 3 is 2.65 bits per heavy atom. The molecule has 0 saturated carbocycles. The van der Waals surface area contributed by atoms with Gasteiger partial charge in [-0.05, 0) is 19.1 Å². The molecule has 0 heterocycles. The summed E-state index contributed by atoms with van der Waals surface area (Å²) >= 11 is 0. The number of benzene rings is 1. The number of ether oxygens (including phenoxy) is 1. The van der Waals surface area contributed by atoms with Gasteiger partial charge in [-0.1, -0.05) is 18.2 Å². The molecule has 0 spiro atoms. The quantitative estimate of drug-likeness (QED) is 0.487. The van der Waals surface area contributed by atoms with Gasteiger partial charge in [0, 0.05) is 6.08 Å². The standard InChI is InChI=1S/C12H13NO4/c1-2-16-9-8-11(14)13-17-12(15)10-6-4-3-5-7-10/h3-9H,2H2,1H3,(H,13,14). The molecule has 17 heavy (non-hydrogen) atoms. The van der Waals surface area contributed by atoms with Crippen LogP contribution >= 0.6 is 0 Å². The number of carbonyl (C=O) groups excluding carboxylic acids is 2. The predicted octanol–water partition coefficient (Wildman–Crippen LogP) is 1.42. The number of hydroxylamine groups is 1. The summed E-state index contributed by atoms with van der Waals surface area (Å²) in [5.41, 5.74) is 2.35. The van der Waals surface area contributed by atoms with Gasteiger partial charge >= 0.3 is 5.97 Å². The zero-order valence-electron chi connectivity index (χ0n) is 9.38. The highest BCUT2D eigenvalue weighted by molar-refractivity contribution is 5.92. The Bertz CT molecular complexity index is 400. The molecule has 5 nitrogen and oxygen atoms in total. The minimum absolute atomic E-state index is 0.363. The second-order valence-electron chi connectivity index (χ2n) is 2.98.